The van der Waals surface area contributed by atoms with Crippen molar-refractivity contribution in [1.82, 2.24) is 14.7 Å². The number of nitrogens with zero attached hydrogens (tertiary/aromatic N) is 3. The van der Waals surface area contributed by atoms with Gasteiger partial charge in [-0.3, -0.25) is 4.79 Å². The fraction of sp³-hybridized carbons (Fsp3) is 0.381. The second kappa shape index (κ2) is 10.0. The Morgan fingerprint density at radius 2 is 2.07 bits per heavy atom. The van der Waals surface area contributed by atoms with Gasteiger partial charge in [0.2, 0.25) is 11.0 Å². The summed E-state index contributed by atoms with van der Waals surface area (Å²) in [4.78, 5) is 19.0. The van der Waals surface area contributed by atoms with Crippen LogP contribution in [0.2, 0.25) is 0 Å². The number of hydrogen-bond acceptors (Lipinski definition) is 6. The van der Waals surface area contributed by atoms with Crippen molar-refractivity contribution in [1.29, 1.82) is 0 Å². The number of carbonyl (C=O) groups excluding carboxylic acids is 1. The summed E-state index contributed by atoms with van der Waals surface area (Å²) < 4.78 is 10.00. The average molecular weight is 399 g/mol. The highest BCUT2D eigenvalue weighted by Crippen LogP contribution is 2.22. The molecule has 1 unspecified atom stereocenters. The molecule has 1 atom stereocenters. The van der Waals surface area contributed by atoms with Gasteiger partial charge >= 0.3 is 0 Å². The number of benzene rings is 1. The molecule has 0 spiro atoms. The first-order valence-electron chi connectivity index (χ1n) is 9.57. The average Bonchev–Trinajstić information content (AvgIpc) is 3.38. The summed E-state index contributed by atoms with van der Waals surface area (Å²) in [7, 11) is 0. The molecule has 0 aliphatic rings. The Balaban J connectivity index is 1.67. The zero-order valence-electron chi connectivity index (χ0n) is 16.3. The number of furan rings is 1. The molecule has 7 heteroatoms. The van der Waals surface area contributed by atoms with E-state index in [-0.39, 0.29) is 11.9 Å². The lowest BCUT2D eigenvalue weighted by molar-refractivity contribution is -0.121. The maximum Gasteiger partial charge on any atom is 0.221 e. The molecule has 1 aromatic carbocycles. The zero-order valence-corrected chi connectivity index (χ0v) is 17.1. The quantitative estimate of drug-likeness (QED) is 0.558. The van der Waals surface area contributed by atoms with Gasteiger partial charge in [0.1, 0.15) is 11.6 Å². The van der Waals surface area contributed by atoms with E-state index in [0.717, 1.165) is 23.1 Å². The number of rotatable bonds is 10. The normalized spacial score (nSPS) is 11.9. The zero-order chi connectivity index (χ0) is 19.8. The van der Waals surface area contributed by atoms with E-state index in [4.69, 9.17) is 9.40 Å². The lowest BCUT2D eigenvalue weighted by Gasteiger charge is -2.20. The summed E-state index contributed by atoms with van der Waals surface area (Å²) in [6.45, 7) is 5.19. The Morgan fingerprint density at radius 3 is 2.79 bits per heavy atom. The minimum atomic E-state index is 0.0489. The third-order valence-electron chi connectivity index (χ3n) is 4.49. The molecule has 0 saturated heterocycles. The fourth-order valence-electron chi connectivity index (χ4n) is 2.74. The molecule has 2 heterocycles. The standard InChI is InChI=1S/C21H26N4O2S/c1-3-16(2)22-20(26)11-12-25(15-18-10-7-13-27-18)21-23-19(24-28-21)14-17-8-5-4-6-9-17/h4-10,13,16H,3,11-12,14-15H2,1-2H3,(H,22,26). The van der Waals surface area contributed by atoms with Crippen LogP contribution in [0, 0.1) is 0 Å². The van der Waals surface area contributed by atoms with Gasteiger partial charge in [-0.05, 0) is 31.0 Å². The first kappa shape index (κ1) is 20.1. The Hall–Kier alpha value is -2.67. The molecule has 0 aliphatic heterocycles. The minimum absolute atomic E-state index is 0.0489. The summed E-state index contributed by atoms with van der Waals surface area (Å²) >= 11 is 1.36. The molecule has 3 aromatic rings. The fourth-order valence-corrected chi connectivity index (χ4v) is 3.45. The molecule has 1 N–H and O–H groups in total. The Kier molecular flexibility index (Phi) is 7.19. The Morgan fingerprint density at radius 1 is 1.25 bits per heavy atom. The van der Waals surface area contributed by atoms with Crippen LogP contribution in [-0.2, 0) is 17.8 Å². The van der Waals surface area contributed by atoms with E-state index < -0.39 is 0 Å². The molecule has 0 aliphatic carbocycles. The predicted molar refractivity (Wildman–Crippen MR) is 111 cm³/mol. The van der Waals surface area contributed by atoms with Crippen molar-refractivity contribution in [2.45, 2.75) is 45.7 Å². The highest BCUT2D eigenvalue weighted by atomic mass is 32.1. The van der Waals surface area contributed by atoms with Gasteiger partial charge in [-0.25, -0.2) is 4.98 Å². The number of nitrogens with one attached hydrogen (secondary N) is 1. The van der Waals surface area contributed by atoms with Gasteiger partial charge in [0.05, 0.1) is 12.8 Å². The Bertz CT molecular complexity index is 848. The largest absolute Gasteiger partial charge is 0.467 e. The van der Waals surface area contributed by atoms with Crippen molar-refractivity contribution in [3.05, 3.63) is 65.9 Å². The molecule has 1 amide bonds. The van der Waals surface area contributed by atoms with Crippen molar-refractivity contribution < 1.29 is 9.21 Å². The van der Waals surface area contributed by atoms with Crippen LogP contribution in [0.3, 0.4) is 0 Å². The monoisotopic (exact) mass is 398 g/mol. The van der Waals surface area contributed by atoms with Crippen LogP contribution in [0.5, 0.6) is 0 Å². The second-order valence-corrected chi connectivity index (χ2v) is 7.51. The van der Waals surface area contributed by atoms with Gasteiger partial charge in [-0.1, -0.05) is 37.3 Å². The van der Waals surface area contributed by atoms with Crippen LogP contribution in [0.25, 0.3) is 0 Å². The van der Waals surface area contributed by atoms with Crippen LogP contribution < -0.4 is 10.2 Å². The molecule has 6 nitrogen and oxygen atoms in total. The SMILES string of the molecule is CCC(C)NC(=O)CCN(Cc1ccco1)c1nc(Cc2ccccc2)ns1. The molecule has 28 heavy (non-hydrogen) atoms. The summed E-state index contributed by atoms with van der Waals surface area (Å²) in [5.41, 5.74) is 1.18. The molecular weight excluding hydrogens is 372 g/mol. The van der Waals surface area contributed by atoms with Crippen LogP contribution in [0.1, 0.15) is 43.8 Å². The number of anilines is 1. The first-order valence-corrected chi connectivity index (χ1v) is 10.3. The van der Waals surface area contributed by atoms with Crippen LogP contribution in [0.4, 0.5) is 5.13 Å². The highest BCUT2D eigenvalue weighted by molar-refractivity contribution is 7.09. The molecular formula is C21H26N4O2S. The summed E-state index contributed by atoms with van der Waals surface area (Å²) in [5, 5.41) is 3.82. The summed E-state index contributed by atoms with van der Waals surface area (Å²) in [6.07, 6.45) is 3.67. The van der Waals surface area contributed by atoms with E-state index in [1.807, 2.05) is 37.3 Å². The lowest BCUT2D eigenvalue weighted by Crippen LogP contribution is -2.35. The molecule has 148 valence electrons. The number of hydrogen-bond donors (Lipinski definition) is 1. The van der Waals surface area contributed by atoms with Gasteiger partial charge in [0.25, 0.3) is 0 Å². The van der Waals surface area contributed by atoms with E-state index in [9.17, 15) is 4.79 Å². The van der Waals surface area contributed by atoms with Crippen LogP contribution in [0.15, 0.2) is 53.1 Å². The molecule has 3 rings (SSSR count). The smallest absolute Gasteiger partial charge is 0.221 e. The van der Waals surface area contributed by atoms with Crippen LogP contribution >= 0.6 is 11.5 Å². The number of aromatic nitrogens is 2. The predicted octanol–water partition coefficient (Wildman–Crippen LogP) is 4.03. The first-order chi connectivity index (χ1) is 13.6. The molecule has 0 bridgehead atoms. The van der Waals surface area contributed by atoms with Crippen molar-refractivity contribution in [3.8, 4) is 0 Å². The van der Waals surface area contributed by atoms with Gasteiger partial charge in [-0.2, -0.15) is 4.37 Å². The minimum Gasteiger partial charge on any atom is -0.467 e. The highest BCUT2D eigenvalue weighted by Gasteiger charge is 2.17. The number of amides is 1. The lowest BCUT2D eigenvalue weighted by atomic mass is 10.1. The van der Waals surface area contributed by atoms with Crippen molar-refractivity contribution in [3.63, 3.8) is 0 Å². The molecule has 0 saturated carbocycles. The van der Waals surface area contributed by atoms with Crippen molar-refractivity contribution in [2.75, 3.05) is 11.4 Å². The van der Waals surface area contributed by atoms with E-state index in [2.05, 4.69) is 33.6 Å². The topological polar surface area (TPSA) is 71.3 Å². The maximum atomic E-state index is 12.2. The van der Waals surface area contributed by atoms with E-state index in [0.29, 0.717) is 25.9 Å². The van der Waals surface area contributed by atoms with Crippen molar-refractivity contribution in [2.24, 2.45) is 0 Å². The molecule has 0 fully saturated rings. The van der Waals surface area contributed by atoms with Gasteiger partial charge < -0.3 is 14.6 Å². The third kappa shape index (κ3) is 5.92. The van der Waals surface area contributed by atoms with Crippen molar-refractivity contribution >= 4 is 22.6 Å². The van der Waals surface area contributed by atoms with Gasteiger partial charge in [0.15, 0.2) is 0 Å². The van der Waals surface area contributed by atoms with E-state index in [1.54, 1.807) is 6.26 Å². The van der Waals surface area contributed by atoms with Gasteiger partial charge in [0, 0.05) is 37.0 Å². The maximum absolute atomic E-state index is 12.2. The summed E-state index contributed by atoms with van der Waals surface area (Å²) in [6, 6.07) is 14.1. The van der Waals surface area contributed by atoms with Gasteiger partial charge in [-0.15, -0.1) is 0 Å². The van der Waals surface area contributed by atoms with Crippen LogP contribution in [-0.4, -0.2) is 27.9 Å². The Labute approximate surface area is 169 Å². The second-order valence-electron chi connectivity index (χ2n) is 6.78. The molecule has 0 radical (unpaired) electrons. The number of carbonyl (C=O) groups is 1. The van der Waals surface area contributed by atoms with E-state index >= 15 is 0 Å². The van der Waals surface area contributed by atoms with E-state index in [1.165, 1.54) is 17.1 Å². The molecule has 2 aromatic heterocycles. The third-order valence-corrected chi connectivity index (χ3v) is 5.30. The summed E-state index contributed by atoms with van der Waals surface area (Å²) in [5.74, 6) is 1.68.